The molecule has 4 rings (SSSR count). The highest BCUT2D eigenvalue weighted by molar-refractivity contribution is 8.19. The van der Waals surface area contributed by atoms with Crippen molar-refractivity contribution in [3.8, 4) is 0 Å². The van der Waals surface area contributed by atoms with Crippen molar-refractivity contribution in [1.29, 1.82) is 0 Å². The molecule has 0 aromatic carbocycles. The average molecular weight is 1180 g/mol. The molecule has 32 heteroatoms. The van der Waals surface area contributed by atoms with Gasteiger partial charge < -0.3 is 110 Å². The van der Waals surface area contributed by atoms with Crippen LogP contribution in [0.15, 0.2) is 0 Å². The first-order chi connectivity index (χ1) is 36.3. The quantitative estimate of drug-likeness (QED) is 0.0237. The number of nitrogens with zero attached hydrogens (tertiary/aromatic N) is 2. The van der Waals surface area contributed by atoms with E-state index in [-0.39, 0.29) is 129 Å². The summed E-state index contributed by atoms with van der Waals surface area (Å²) in [5.74, 6) is -3.05. The Kier molecular flexibility index (Phi) is 27.5. The van der Waals surface area contributed by atoms with Gasteiger partial charge in [0.15, 0.2) is 25.6 Å². The number of carbonyl (C=O) groups excluding carboxylic acids is 6. The molecule has 12 atom stereocenters. The lowest BCUT2D eigenvalue weighted by molar-refractivity contribution is -0.270. The van der Waals surface area contributed by atoms with E-state index >= 15 is 0 Å². The molecular formula is C45H80N6O22P2S2. The predicted octanol–water partition coefficient (Wildman–Crippen LogP) is -4.72. The number of unbranched alkanes of at least 4 members (excludes halogenated alkanes) is 2. The normalized spacial score (nSPS) is 28.8. The summed E-state index contributed by atoms with van der Waals surface area (Å²) in [6.07, 6.45) is -7.78. The van der Waals surface area contributed by atoms with Gasteiger partial charge in [0.2, 0.25) is 35.4 Å². The largest absolute Gasteiger partial charge is 0.396 e. The molecule has 0 aromatic rings. The zero-order chi connectivity index (χ0) is 57.1. The molecule has 0 spiro atoms. The lowest BCUT2D eigenvalue weighted by Crippen LogP contribution is -2.64. The molecule has 14 N–H and O–H groups in total. The maximum atomic E-state index is 13.0. The number of amides is 6. The van der Waals surface area contributed by atoms with Gasteiger partial charge in [-0.25, -0.2) is 0 Å². The number of likely N-dealkylation sites (tertiary alicyclic amines) is 2. The number of hydrogen-bond acceptors (Lipinski definition) is 22. The van der Waals surface area contributed by atoms with E-state index in [0.717, 1.165) is 0 Å². The van der Waals surface area contributed by atoms with E-state index in [0.29, 0.717) is 25.7 Å². The first-order valence-corrected chi connectivity index (χ1v) is 31.3. The van der Waals surface area contributed by atoms with E-state index in [2.05, 4.69) is 21.3 Å². The van der Waals surface area contributed by atoms with Gasteiger partial charge in [0.1, 0.15) is 48.7 Å². The van der Waals surface area contributed by atoms with Gasteiger partial charge in [-0.3, -0.25) is 28.8 Å². The fraction of sp³-hybridized carbons (Fsp3) is 0.867. The average Bonchev–Trinajstić information content (AvgIpc) is 3.39. The topological polar surface area (TPSA) is 415 Å². The molecule has 0 saturated carbocycles. The lowest BCUT2D eigenvalue weighted by Gasteiger charge is -2.42. The molecule has 4 aliphatic heterocycles. The first-order valence-electron chi connectivity index (χ1n) is 25.6. The SMILES string of the molecule is CC(=O)NC1[C@H](OCCCCC(=O)NCC(=O)N2CCC(CO)(COP(O)(=S)CP(O)(=S)OCC3(CO)CCN(C(=O)CNC(=O)CCCCO[C@@H]4OC(CO)[C@H](O)[C@H](O)C4NC(C)=O)CC3)CC2)OC(CO)[C@H](O)[C@@H]1O. The molecule has 4 fully saturated rings. The molecule has 0 aromatic heterocycles. The van der Waals surface area contributed by atoms with Crippen LogP contribution in [0.5, 0.6) is 0 Å². The van der Waals surface area contributed by atoms with Gasteiger partial charge in [0, 0.05) is 76.9 Å². The summed E-state index contributed by atoms with van der Waals surface area (Å²) in [5, 5.41) is 91.0. The van der Waals surface area contributed by atoms with Crippen molar-refractivity contribution in [1.82, 2.24) is 31.1 Å². The van der Waals surface area contributed by atoms with Crippen LogP contribution in [0.25, 0.3) is 0 Å². The zero-order valence-corrected chi connectivity index (χ0v) is 46.8. The van der Waals surface area contributed by atoms with Crippen LogP contribution in [-0.4, -0.2) is 255 Å². The van der Waals surface area contributed by atoms with E-state index in [1.54, 1.807) is 0 Å². The summed E-state index contributed by atoms with van der Waals surface area (Å²) in [6.45, 7) is -7.08. The van der Waals surface area contributed by atoms with E-state index in [9.17, 15) is 79.4 Å². The number of carbonyl (C=O) groups is 6. The third-order valence-electron chi connectivity index (χ3n) is 14.1. The number of rotatable bonds is 30. The first kappa shape index (κ1) is 67.0. The smallest absolute Gasteiger partial charge is 0.241 e. The summed E-state index contributed by atoms with van der Waals surface area (Å²) in [5.41, 5.74) is -1.78. The number of aliphatic hydroxyl groups excluding tert-OH is 8. The predicted molar refractivity (Wildman–Crippen MR) is 277 cm³/mol. The standard InChI is InChI=1S/C45H80N6O22P2S2/c1-28(56)48-36-40(64)38(62)30(21-52)72-42(36)68-17-5-3-7-32(58)46-19-34(60)50-13-9-44(23-54,10-14-50)25-70-74(66,76)27-75(67,77)71-26-45(24-55)11-15-51(16-12-45)35(61)20-47-33(59)8-4-6-18-69-43-37(49-29(2)57)41(65)39(63)31(22-53)73-43/h30-31,36-43,52-55,62-65H,3-27H2,1-2H3,(H,46,58)(H,47,59)(H,48,56)(H,49,57)(H,66,76)(H,67,77)/t30?,31?,36?,37?,38-,39-,40+,41+,42+,43+,74?,75?/m0/s1. The Morgan fingerprint density at radius 1 is 0.584 bits per heavy atom. The number of piperidine rings is 2. The van der Waals surface area contributed by atoms with Crippen molar-refractivity contribution >= 4 is 72.0 Å². The molecule has 0 aliphatic carbocycles. The molecule has 6 amide bonds. The van der Waals surface area contributed by atoms with Gasteiger partial charge in [-0.2, -0.15) is 0 Å². The molecule has 444 valence electrons. The zero-order valence-electron chi connectivity index (χ0n) is 43.4. The number of hydrogen-bond donors (Lipinski definition) is 14. The Morgan fingerprint density at radius 3 is 1.25 bits per heavy atom. The van der Waals surface area contributed by atoms with E-state index in [4.69, 9.17) is 51.6 Å². The van der Waals surface area contributed by atoms with Crippen molar-refractivity contribution in [2.24, 2.45) is 10.8 Å². The summed E-state index contributed by atoms with van der Waals surface area (Å²) >= 11 is 10.7. The van der Waals surface area contributed by atoms with Gasteiger partial charge >= 0.3 is 0 Å². The summed E-state index contributed by atoms with van der Waals surface area (Å²) in [6, 6.07) is -2.18. The van der Waals surface area contributed by atoms with Gasteiger partial charge in [-0.1, -0.05) is 0 Å². The summed E-state index contributed by atoms with van der Waals surface area (Å²) < 4.78 is 33.9. The summed E-state index contributed by atoms with van der Waals surface area (Å²) in [7, 11) is 0. The van der Waals surface area contributed by atoms with Crippen LogP contribution in [0.4, 0.5) is 0 Å². The molecule has 6 unspecified atom stereocenters. The van der Waals surface area contributed by atoms with Crippen molar-refractivity contribution in [2.45, 2.75) is 139 Å². The highest BCUT2D eigenvalue weighted by Crippen LogP contribution is 2.60. The number of ether oxygens (including phenoxy) is 4. The summed E-state index contributed by atoms with van der Waals surface area (Å²) in [4.78, 5) is 99.6. The molecule has 4 saturated heterocycles. The maximum Gasteiger partial charge on any atom is 0.241 e. The molecular weight excluding hydrogens is 1100 g/mol. The lowest BCUT2D eigenvalue weighted by atomic mass is 9.80. The second-order valence-electron chi connectivity index (χ2n) is 20.1. The minimum Gasteiger partial charge on any atom is -0.396 e. The molecule has 4 aliphatic rings. The molecule has 0 radical (unpaired) electrons. The van der Waals surface area contributed by atoms with Gasteiger partial charge in [0.05, 0.1) is 58.6 Å². The van der Waals surface area contributed by atoms with Crippen molar-refractivity contribution in [2.75, 3.05) is 98.0 Å². The van der Waals surface area contributed by atoms with E-state index in [1.165, 1.54) is 23.6 Å². The van der Waals surface area contributed by atoms with Crippen LogP contribution < -0.4 is 21.3 Å². The Labute approximate surface area is 457 Å². The second-order valence-corrected chi connectivity index (χ2v) is 27.7. The highest BCUT2D eigenvalue weighted by Gasteiger charge is 2.47. The molecule has 77 heavy (non-hydrogen) atoms. The molecule has 28 nitrogen and oxygen atoms in total. The number of aliphatic hydroxyl groups is 8. The van der Waals surface area contributed by atoms with Gasteiger partial charge in [0.25, 0.3) is 0 Å². The molecule has 4 heterocycles. The fourth-order valence-corrected chi connectivity index (χ4v) is 16.3. The third-order valence-corrected chi connectivity index (χ3v) is 20.7. The van der Waals surface area contributed by atoms with Crippen LogP contribution in [-0.2, 0) is 80.4 Å². The van der Waals surface area contributed by atoms with Crippen LogP contribution in [0.2, 0.25) is 0 Å². The van der Waals surface area contributed by atoms with Crippen molar-refractivity contribution in [3.05, 3.63) is 0 Å². The van der Waals surface area contributed by atoms with Crippen LogP contribution in [0, 0.1) is 10.8 Å². The Bertz CT molecular complexity index is 1900. The van der Waals surface area contributed by atoms with Crippen LogP contribution in [0.1, 0.15) is 78.1 Å². The van der Waals surface area contributed by atoms with Gasteiger partial charge in [-0.15, -0.1) is 0 Å². The minimum atomic E-state index is -3.79. The van der Waals surface area contributed by atoms with E-state index in [1.807, 2.05) is 0 Å². The Hall–Kier alpha value is -2.52. The third kappa shape index (κ3) is 21.1. The Morgan fingerprint density at radius 2 is 0.935 bits per heavy atom. The van der Waals surface area contributed by atoms with E-state index < -0.39 is 128 Å². The maximum absolute atomic E-state index is 13.0. The van der Waals surface area contributed by atoms with Crippen LogP contribution >= 0.6 is 13.0 Å². The fourth-order valence-electron chi connectivity index (χ4n) is 9.09. The second kappa shape index (κ2) is 31.6. The minimum absolute atomic E-state index is 0.0564. The molecule has 0 bridgehead atoms. The highest BCUT2D eigenvalue weighted by atomic mass is 32.5. The number of nitrogens with one attached hydrogen (secondary N) is 4. The Balaban J connectivity index is 1.09. The van der Waals surface area contributed by atoms with Crippen molar-refractivity contribution in [3.63, 3.8) is 0 Å². The van der Waals surface area contributed by atoms with Crippen molar-refractivity contribution < 1.29 is 107 Å². The van der Waals surface area contributed by atoms with Gasteiger partial charge in [-0.05, 0) is 75.0 Å². The van der Waals surface area contributed by atoms with Crippen LogP contribution in [0.3, 0.4) is 0 Å². The monoisotopic (exact) mass is 1180 g/mol.